The summed E-state index contributed by atoms with van der Waals surface area (Å²) in [5, 5.41) is 6.32. The van der Waals surface area contributed by atoms with Gasteiger partial charge in [-0.2, -0.15) is 0 Å². The highest BCUT2D eigenvalue weighted by molar-refractivity contribution is 5.78. The maximum Gasteiger partial charge on any atom is 0.234 e. The molecular formula is C12H22N2O. The smallest absolute Gasteiger partial charge is 0.234 e. The van der Waals surface area contributed by atoms with Crippen molar-refractivity contribution in [3.05, 3.63) is 0 Å². The quantitative estimate of drug-likeness (QED) is 0.734. The summed E-state index contributed by atoms with van der Waals surface area (Å²) in [7, 11) is 0. The van der Waals surface area contributed by atoms with Gasteiger partial charge >= 0.3 is 0 Å². The second kappa shape index (κ2) is 4.52. The molecule has 2 aliphatic carbocycles. The van der Waals surface area contributed by atoms with Crippen LogP contribution in [0, 0.1) is 11.8 Å². The first kappa shape index (κ1) is 10.9. The van der Waals surface area contributed by atoms with Crippen molar-refractivity contribution in [3.8, 4) is 0 Å². The van der Waals surface area contributed by atoms with Gasteiger partial charge in [0.25, 0.3) is 0 Å². The van der Waals surface area contributed by atoms with E-state index in [1.54, 1.807) is 0 Å². The summed E-state index contributed by atoms with van der Waals surface area (Å²) in [6, 6.07) is 0.862. The summed E-state index contributed by atoms with van der Waals surface area (Å²) in [6.07, 6.45) is 5.47. The Morgan fingerprint density at radius 1 is 1.33 bits per heavy atom. The van der Waals surface area contributed by atoms with Crippen LogP contribution >= 0.6 is 0 Å². The van der Waals surface area contributed by atoms with Gasteiger partial charge in [-0.1, -0.05) is 6.42 Å². The number of fused-ring (bicyclic) bond motifs is 2. The zero-order chi connectivity index (χ0) is 10.8. The second-order valence-corrected chi connectivity index (χ2v) is 5.38. The third-order valence-corrected chi connectivity index (χ3v) is 3.71. The Kier molecular flexibility index (Phi) is 3.29. The van der Waals surface area contributed by atoms with Crippen molar-refractivity contribution in [2.45, 2.75) is 51.6 Å². The molecule has 0 aromatic carbocycles. The molecule has 0 heterocycles. The van der Waals surface area contributed by atoms with E-state index in [1.807, 2.05) is 13.8 Å². The summed E-state index contributed by atoms with van der Waals surface area (Å²) in [4.78, 5) is 11.4. The molecule has 2 aliphatic rings. The lowest BCUT2D eigenvalue weighted by Crippen LogP contribution is -2.43. The van der Waals surface area contributed by atoms with Crippen molar-refractivity contribution < 1.29 is 4.79 Å². The minimum Gasteiger partial charge on any atom is -0.353 e. The fourth-order valence-corrected chi connectivity index (χ4v) is 3.09. The largest absolute Gasteiger partial charge is 0.353 e. The highest BCUT2D eigenvalue weighted by atomic mass is 16.1. The first-order valence-electron chi connectivity index (χ1n) is 6.18. The van der Waals surface area contributed by atoms with E-state index in [-0.39, 0.29) is 11.9 Å². The maximum atomic E-state index is 11.4. The number of amides is 1. The molecule has 0 aromatic heterocycles. The molecule has 0 saturated heterocycles. The van der Waals surface area contributed by atoms with Gasteiger partial charge in [0, 0.05) is 12.1 Å². The Balaban J connectivity index is 1.68. The molecule has 3 unspecified atom stereocenters. The van der Waals surface area contributed by atoms with Crippen LogP contribution in [-0.4, -0.2) is 24.5 Å². The molecule has 0 aliphatic heterocycles. The van der Waals surface area contributed by atoms with Crippen LogP contribution in [0.4, 0.5) is 0 Å². The maximum absolute atomic E-state index is 11.4. The highest BCUT2D eigenvalue weighted by Gasteiger charge is 2.39. The molecule has 0 radical (unpaired) electrons. The van der Waals surface area contributed by atoms with E-state index in [2.05, 4.69) is 10.6 Å². The molecule has 15 heavy (non-hydrogen) atoms. The number of hydrogen-bond acceptors (Lipinski definition) is 2. The molecule has 2 N–H and O–H groups in total. The van der Waals surface area contributed by atoms with Gasteiger partial charge in [-0.15, -0.1) is 0 Å². The molecule has 2 saturated carbocycles. The molecule has 1 amide bonds. The minimum absolute atomic E-state index is 0.132. The van der Waals surface area contributed by atoms with E-state index >= 15 is 0 Å². The molecule has 2 bridgehead atoms. The van der Waals surface area contributed by atoms with Crippen molar-refractivity contribution >= 4 is 5.91 Å². The molecule has 2 fully saturated rings. The average molecular weight is 210 g/mol. The van der Waals surface area contributed by atoms with Crippen molar-refractivity contribution in [1.29, 1.82) is 0 Å². The van der Waals surface area contributed by atoms with Crippen LogP contribution in [0.25, 0.3) is 0 Å². The van der Waals surface area contributed by atoms with Crippen molar-refractivity contribution in [2.75, 3.05) is 6.54 Å². The van der Waals surface area contributed by atoms with Gasteiger partial charge in [-0.3, -0.25) is 4.79 Å². The number of nitrogens with one attached hydrogen (secondary N) is 2. The van der Waals surface area contributed by atoms with E-state index in [4.69, 9.17) is 0 Å². The summed E-state index contributed by atoms with van der Waals surface area (Å²) >= 11 is 0. The molecule has 0 spiro atoms. The Labute approximate surface area is 92.0 Å². The molecule has 0 aromatic rings. The standard InChI is InChI=1S/C12H22N2O/c1-8(2)14-12(15)7-13-11-6-9-3-4-10(11)5-9/h8-11,13H,3-7H2,1-2H3,(H,14,15). The fourth-order valence-electron chi connectivity index (χ4n) is 3.09. The van der Waals surface area contributed by atoms with E-state index in [1.165, 1.54) is 25.7 Å². The van der Waals surface area contributed by atoms with Crippen LogP contribution in [0.1, 0.15) is 39.5 Å². The number of hydrogen-bond donors (Lipinski definition) is 2. The predicted octanol–water partition coefficient (Wildman–Crippen LogP) is 1.29. The summed E-state index contributed by atoms with van der Waals surface area (Å²) in [5.41, 5.74) is 0. The van der Waals surface area contributed by atoms with E-state index < -0.39 is 0 Å². The topological polar surface area (TPSA) is 41.1 Å². The molecule has 86 valence electrons. The Hall–Kier alpha value is -0.570. The number of carbonyl (C=O) groups is 1. The minimum atomic E-state index is 0.132. The van der Waals surface area contributed by atoms with Gasteiger partial charge < -0.3 is 10.6 Å². The van der Waals surface area contributed by atoms with Crippen LogP contribution in [0.3, 0.4) is 0 Å². The zero-order valence-corrected chi connectivity index (χ0v) is 9.75. The van der Waals surface area contributed by atoms with Gasteiger partial charge in [0.2, 0.25) is 5.91 Å². The number of carbonyl (C=O) groups excluding carboxylic acids is 1. The van der Waals surface area contributed by atoms with Crippen molar-refractivity contribution in [2.24, 2.45) is 11.8 Å². The van der Waals surface area contributed by atoms with Crippen molar-refractivity contribution in [3.63, 3.8) is 0 Å². The lowest BCUT2D eigenvalue weighted by atomic mass is 9.95. The van der Waals surface area contributed by atoms with Gasteiger partial charge in [0.15, 0.2) is 0 Å². The second-order valence-electron chi connectivity index (χ2n) is 5.38. The predicted molar refractivity (Wildman–Crippen MR) is 60.5 cm³/mol. The first-order chi connectivity index (χ1) is 7.15. The van der Waals surface area contributed by atoms with Gasteiger partial charge in [-0.25, -0.2) is 0 Å². The van der Waals surface area contributed by atoms with Crippen LogP contribution in [-0.2, 0) is 4.79 Å². The summed E-state index contributed by atoms with van der Waals surface area (Å²) in [6.45, 7) is 4.48. The lowest BCUT2D eigenvalue weighted by molar-refractivity contribution is -0.120. The fraction of sp³-hybridized carbons (Fsp3) is 0.917. The normalized spacial score (nSPS) is 33.7. The number of rotatable bonds is 4. The molecule has 3 nitrogen and oxygen atoms in total. The SMILES string of the molecule is CC(C)NC(=O)CNC1CC2CCC1C2. The zero-order valence-electron chi connectivity index (χ0n) is 9.75. The van der Waals surface area contributed by atoms with Crippen LogP contribution in [0.2, 0.25) is 0 Å². The molecule has 2 rings (SSSR count). The van der Waals surface area contributed by atoms with E-state index in [0.29, 0.717) is 12.6 Å². The average Bonchev–Trinajstić information content (AvgIpc) is 2.74. The van der Waals surface area contributed by atoms with Crippen LogP contribution in [0.5, 0.6) is 0 Å². The van der Waals surface area contributed by atoms with Gasteiger partial charge in [-0.05, 0) is 44.9 Å². The monoisotopic (exact) mass is 210 g/mol. The first-order valence-corrected chi connectivity index (χ1v) is 6.18. The Bertz CT molecular complexity index is 240. The molecular weight excluding hydrogens is 188 g/mol. The Morgan fingerprint density at radius 3 is 2.67 bits per heavy atom. The lowest BCUT2D eigenvalue weighted by Gasteiger charge is -2.22. The molecule has 3 heteroatoms. The third-order valence-electron chi connectivity index (χ3n) is 3.71. The third kappa shape index (κ3) is 2.71. The summed E-state index contributed by atoms with van der Waals surface area (Å²) < 4.78 is 0. The van der Waals surface area contributed by atoms with Gasteiger partial charge in [0.05, 0.1) is 6.54 Å². The van der Waals surface area contributed by atoms with Crippen molar-refractivity contribution in [1.82, 2.24) is 10.6 Å². The van der Waals surface area contributed by atoms with Crippen LogP contribution in [0.15, 0.2) is 0 Å². The highest BCUT2D eigenvalue weighted by Crippen LogP contribution is 2.44. The van der Waals surface area contributed by atoms with Gasteiger partial charge in [0.1, 0.15) is 0 Å². The van der Waals surface area contributed by atoms with Crippen LogP contribution < -0.4 is 10.6 Å². The summed E-state index contributed by atoms with van der Waals surface area (Å²) in [5.74, 6) is 1.93. The molecule has 3 atom stereocenters. The van der Waals surface area contributed by atoms with E-state index in [0.717, 1.165) is 11.8 Å². The van der Waals surface area contributed by atoms with E-state index in [9.17, 15) is 4.79 Å². The Morgan fingerprint density at radius 2 is 2.13 bits per heavy atom.